The van der Waals surface area contributed by atoms with Crippen LogP contribution in [0, 0.1) is 0 Å². The van der Waals surface area contributed by atoms with Crippen LogP contribution in [0.25, 0.3) is 0 Å². The van der Waals surface area contributed by atoms with Gasteiger partial charge in [0.1, 0.15) is 6.04 Å². The lowest BCUT2D eigenvalue weighted by atomic mass is 10.1. The molecule has 3 rings (SSSR count). The maximum absolute atomic E-state index is 12.4. The van der Waals surface area contributed by atoms with E-state index in [0.29, 0.717) is 43.0 Å². The number of amides is 2. The Kier molecular flexibility index (Phi) is 4.78. The summed E-state index contributed by atoms with van der Waals surface area (Å²) in [5.74, 6) is -0.0773. The molecule has 2 aliphatic heterocycles. The van der Waals surface area contributed by atoms with Crippen molar-refractivity contribution in [3.8, 4) is 0 Å². The molecule has 1 fully saturated rings. The number of anilines is 1. The summed E-state index contributed by atoms with van der Waals surface area (Å²) in [7, 11) is 0. The Hall–Kier alpha value is -2.12. The van der Waals surface area contributed by atoms with Crippen LogP contribution in [0.4, 0.5) is 5.69 Å². The molecular formula is C15H17ClN4O3. The zero-order valence-electron chi connectivity index (χ0n) is 12.4. The minimum absolute atomic E-state index is 0.0350. The summed E-state index contributed by atoms with van der Waals surface area (Å²) in [6.07, 6.45) is 0.0350. The van der Waals surface area contributed by atoms with Crippen molar-refractivity contribution in [3.05, 3.63) is 29.3 Å². The monoisotopic (exact) mass is 336 g/mol. The van der Waals surface area contributed by atoms with Gasteiger partial charge in [-0.05, 0) is 24.3 Å². The molecule has 0 radical (unpaired) electrons. The molecule has 0 saturated carbocycles. The number of hydrogen-bond donors (Lipinski definition) is 2. The van der Waals surface area contributed by atoms with Crippen LogP contribution < -0.4 is 10.6 Å². The lowest BCUT2D eigenvalue weighted by molar-refractivity contribution is -0.125. The Morgan fingerprint density at radius 1 is 1.30 bits per heavy atom. The standard InChI is InChI=1S/C15H17ClN4O3/c16-10-1-3-11(4-2-10)17-14(22)12-9-13(21)19-15(18-12)20-5-7-23-8-6-20/h1-4,12H,5-9H2,(H,17,22)(H,18,19,21)/t12-/m0/s1. The van der Waals surface area contributed by atoms with Crippen molar-refractivity contribution < 1.29 is 14.3 Å². The number of halogens is 1. The van der Waals surface area contributed by atoms with E-state index in [2.05, 4.69) is 15.6 Å². The van der Waals surface area contributed by atoms with Crippen molar-refractivity contribution in [2.75, 3.05) is 31.6 Å². The van der Waals surface area contributed by atoms with Crippen LogP contribution in [0.2, 0.25) is 5.02 Å². The molecule has 0 unspecified atom stereocenters. The normalized spacial score (nSPS) is 21.4. The molecule has 2 aliphatic rings. The first-order chi connectivity index (χ1) is 11.1. The largest absolute Gasteiger partial charge is 0.378 e. The van der Waals surface area contributed by atoms with Gasteiger partial charge in [0.25, 0.3) is 0 Å². The summed E-state index contributed by atoms with van der Waals surface area (Å²) in [6.45, 7) is 2.45. The number of guanidine groups is 1. The van der Waals surface area contributed by atoms with Crippen LogP contribution in [0.1, 0.15) is 6.42 Å². The third-order valence-electron chi connectivity index (χ3n) is 3.63. The summed E-state index contributed by atoms with van der Waals surface area (Å²) in [5.41, 5.74) is 0.619. The summed E-state index contributed by atoms with van der Waals surface area (Å²) >= 11 is 5.82. The topological polar surface area (TPSA) is 83.0 Å². The molecule has 2 heterocycles. The average Bonchev–Trinajstić information content (AvgIpc) is 2.57. The lowest BCUT2D eigenvalue weighted by Crippen LogP contribution is -2.53. The molecule has 0 bridgehead atoms. The third kappa shape index (κ3) is 4.00. The molecule has 0 aromatic heterocycles. The minimum Gasteiger partial charge on any atom is -0.378 e. The fraction of sp³-hybridized carbons (Fsp3) is 0.400. The number of carbonyl (C=O) groups is 2. The predicted octanol–water partition coefficient (Wildman–Crippen LogP) is 0.855. The predicted molar refractivity (Wildman–Crippen MR) is 86.5 cm³/mol. The number of nitrogens with zero attached hydrogens (tertiary/aromatic N) is 2. The number of hydrogen-bond acceptors (Lipinski definition) is 5. The molecular weight excluding hydrogens is 320 g/mol. The Bertz CT molecular complexity index is 626. The Morgan fingerprint density at radius 2 is 2.00 bits per heavy atom. The first-order valence-corrected chi connectivity index (χ1v) is 7.76. The fourth-order valence-corrected chi connectivity index (χ4v) is 2.55. The molecule has 2 amide bonds. The van der Waals surface area contributed by atoms with Crippen molar-refractivity contribution in [2.24, 2.45) is 4.99 Å². The van der Waals surface area contributed by atoms with Crippen LogP contribution in [0.15, 0.2) is 29.3 Å². The van der Waals surface area contributed by atoms with Crippen LogP contribution >= 0.6 is 11.6 Å². The first kappa shape index (κ1) is 15.8. The van der Waals surface area contributed by atoms with E-state index in [1.807, 2.05) is 4.90 Å². The van der Waals surface area contributed by atoms with Gasteiger partial charge >= 0.3 is 0 Å². The molecule has 8 heteroatoms. The van der Waals surface area contributed by atoms with Gasteiger partial charge in [-0.25, -0.2) is 4.99 Å². The number of benzene rings is 1. The molecule has 0 spiro atoms. The second-order valence-corrected chi connectivity index (χ2v) is 5.75. The van der Waals surface area contributed by atoms with Gasteiger partial charge < -0.3 is 15.0 Å². The highest BCUT2D eigenvalue weighted by Crippen LogP contribution is 2.15. The van der Waals surface area contributed by atoms with Gasteiger partial charge in [0.05, 0.1) is 19.6 Å². The lowest BCUT2D eigenvalue weighted by Gasteiger charge is -2.32. The first-order valence-electron chi connectivity index (χ1n) is 7.38. The van der Waals surface area contributed by atoms with E-state index in [9.17, 15) is 9.59 Å². The van der Waals surface area contributed by atoms with Crippen molar-refractivity contribution >= 4 is 35.1 Å². The van der Waals surface area contributed by atoms with Crippen LogP contribution in [0.3, 0.4) is 0 Å². The maximum Gasteiger partial charge on any atom is 0.249 e. The second kappa shape index (κ2) is 6.97. The number of aliphatic imine (C=N–C) groups is 1. The summed E-state index contributed by atoms with van der Waals surface area (Å²) in [5, 5.41) is 6.07. The van der Waals surface area contributed by atoms with Gasteiger partial charge in [-0.2, -0.15) is 0 Å². The van der Waals surface area contributed by atoms with Gasteiger partial charge in [0.2, 0.25) is 17.8 Å². The maximum atomic E-state index is 12.4. The third-order valence-corrected chi connectivity index (χ3v) is 3.89. The van der Waals surface area contributed by atoms with Crippen LogP contribution in [0.5, 0.6) is 0 Å². The van der Waals surface area contributed by atoms with E-state index in [1.54, 1.807) is 24.3 Å². The van der Waals surface area contributed by atoms with Crippen molar-refractivity contribution in [2.45, 2.75) is 12.5 Å². The SMILES string of the molecule is O=C1C[C@@H](C(=O)Nc2ccc(Cl)cc2)N=C(N2CCOCC2)N1. The minimum atomic E-state index is -0.739. The number of morpholine rings is 1. The molecule has 23 heavy (non-hydrogen) atoms. The quantitative estimate of drug-likeness (QED) is 0.839. The smallest absolute Gasteiger partial charge is 0.249 e. The highest BCUT2D eigenvalue weighted by Gasteiger charge is 2.29. The van der Waals surface area contributed by atoms with Crippen molar-refractivity contribution in [1.29, 1.82) is 0 Å². The molecule has 0 aliphatic carbocycles. The molecule has 2 N–H and O–H groups in total. The van der Waals surface area contributed by atoms with E-state index in [-0.39, 0.29) is 18.2 Å². The summed E-state index contributed by atoms with van der Waals surface area (Å²) < 4.78 is 5.28. The number of carbonyl (C=O) groups excluding carboxylic acids is 2. The van der Waals surface area contributed by atoms with Crippen molar-refractivity contribution in [1.82, 2.24) is 10.2 Å². The Morgan fingerprint density at radius 3 is 2.70 bits per heavy atom. The van der Waals surface area contributed by atoms with E-state index in [0.717, 1.165) is 0 Å². The van der Waals surface area contributed by atoms with Gasteiger partial charge in [0.15, 0.2) is 0 Å². The van der Waals surface area contributed by atoms with E-state index in [4.69, 9.17) is 16.3 Å². The van der Waals surface area contributed by atoms with Gasteiger partial charge in [-0.3, -0.25) is 14.9 Å². The summed E-state index contributed by atoms with van der Waals surface area (Å²) in [4.78, 5) is 30.5. The summed E-state index contributed by atoms with van der Waals surface area (Å²) in [6, 6.07) is 6.04. The molecule has 1 atom stereocenters. The highest BCUT2D eigenvalue weighted by atomic mass is 35.5. The average molecular weight is 337 g/mol. The zero-order chi connectivity index (χ0) is 16.2. The van der Waals surface area contributed by atoms with Crippen LogP contribution in [-0.4, -0.2) is 55.0 Å². The number of ether oxygens (including phenoxy) is 1. The molecule has 122 valence electrons. The molecule has 7 nitrogen and oxygen atoms in total. The number of rotatable bonds is 2. The van der Waals surface area contributed by atoms with E-state index < -0.39 is 6.04 Å². The Balaban J connectivity index is 1.70. The van der Waals surface area contributed by atoms with Crippen molar-refractivity contribution in [3.63, 3.8) is 0 Å². The zero-order valence-corrected chi connectivity index (χ0v) is 13.2. The fourth-order valence-electron chi connectivity index (χ4n) is 2.42. The van der Waals surface area contributed by atoms with E-state index in [1.165, 1.54) is 0 Å². The Labute approximate surface area is 138 Å². The van der Waals surface area contributed by atoms with E-state index >= 15 is 0 Å². The molecule has 1 aromatic carbocycles. The number of nitrogens with one attached hydrogen (secondary N) is 2. The highest BCUT2D eigenvalue weighted by molar-refractivity contribution is 6.30. The molecule has 1 saturated heterocycles. The van der Waals surface area contributed by atoms with Gasteiger partial charge in [-0.15, -0.1) is 0 Å². The second-order valence-electron chi connectivity index (χ2n) is 5.32. The van der Waals surface area contributed by atoms with Crippen LogP contribution in [-0.2, 0) is 14.3 Å². The van der Waals surface area contributed by atoms with Gasteiger partial charge in [0, 0.05) is 23.8 Å². The van der Waals surface area contributed by atoms with Gasteiger partial charge in [-0.1, -0.05) is 11.6 Å². The molecule has 1 aromatic rings.